The van der Waals surface area contributed by atoms with Crippen molar-refractivity contribution in [1.82, 2.24) is 19.5 Å². The van der Waals surface area contributed by atoms with Crippen LogP contribution in [0.1, 0.15) is 48.5 Å². The minimum atomic E-state index is -5.64. The number of aliphatic hydroxyl groups excluding tert-OH is 4. The van der Waals surface area contributed by atoms with E-state index in [1.165, 1.54) is 51.7 Å². The predicted octanol–water partition coefficient (Wildman–Crippen LogP) is -1.61. The van der Waals surface area contributed by atoms with Gasteiger partial charge in [0, 0.05) is 11.3 Å². The lowest BCUT2D eigenvalue weighted by atomic mass is 10.1. The van der Waals surface area contributed by atoms with Crippen molar-refractivity contribution in [3.8, 4) is 0 Å². The number of hydrogen-bond acceptors (Lipinski definition) is 18. The van der Waals surface area contributed by atoms with E-state index in [1.54, 1.807) is 0 Å². The van der Waals surface area contributed by atoms with E-state index >= 15 is 0 Å². The van der Waals surface area contributed by atoms with Crippen molar-refractivity contribution in [3.63, 3.8) is 0 Å². The Balaban J connectivity index is 1.07. The lowest BCUT2D eigenvalue weighted by Gasteiger charge is -2.26. The van der Waals surface area contributed by atoms with Crippen molar-refractivity contribution < 1.29 is 71.5 Å². The number of anilines is 1. The number of aliphatic hydroxyl groups is 4. The lowest BCUT2D eigenvalue weighted by Crippen LogP contribution is -2.46. The summed E-state index contributed by atoms with van der Waals surface area (Å²) in [5.41, 5.74) is 11.8. The van der Waals surface area contributed by atoms with Crippen molar-refractivity contribution in [1.29, 1.82) is 0 Å². The molecule has 21 nitrogen and oxygen atoms in total. The second kappa shape index (κ2) is 14.8. The molecule has 50 heavy (non-hydrogen) atoms. The predicted molar refractivity (Wildman–Crippen MR) is 165 cm³/mol. The summed E-state index contributed by atoms with van der Waals surface area (Å²) >= 11 is 1.43. The number of carbonyl (C=O) groups is 1. The Hall–Kier alpha value is -2.66. The van der Waals surface area contributed by atoms with Crippen LogP contribution < -0.4 is 20.9 Å². The number of pyridine rings is 1. The third-order valence-corrected chi connectivity index (χ3v) is 12.2. The zero-order valence-corrected chi connectivity index (χ0v) is 28.5. The Bertz CT molecular complexity index is 1820. The third kappa shape index (κ3) is 7.88. The van der Waals surface area contributed by atoms with Crippen LogP contribution in [0.3, 0.4) is 0 Å². The van der Waals surface area contributed by atoms with Gasteiger partial charge in [-0.3, -0.25) is 18.5 Å². The zero-order valence-electron chi connectivity index (χ0n) is 25.9. The number of primary amides is 1. The molecule has 24 heteroatoms. The molecule has 2 aliphatic heterocycles. The number of carbonyl (C=O) groups excluding carboxylic acids is 1. The summed E-state index contributed by atoms with van der Waals surface area (Å²) in [5, 5.41) is 43.2. The van der Waals surface area contributed by atoms with Crippen LogP contribution in [0.2, 0.25) is 0 Å². The van der Waals surface area contributed by atoms with E-state index < -0.39 is 83.8 Å². The number of hydrogen-bond donors (Lipinski definition) is 7. The fourth-order valence-electron chi connectivity index (χ4n) is 5.87. The van der Waals surface area contributed by atoms with Crippen LogP contribution in [0.5, 0.6) is 0 Å². The zero-order chi connectivity index (χ0) is 36.0. The quantitative estimate of drug-likeness (QED) is 0.0760. The molecule has 1 amide bonds. The maximum atomic E-state index is 12.6. The summed E-state index contributed by atoms with van der Waals surface area (Å²) in [6.07, 6.45) is -4.30. The standard InChI is InChI=1S/C26H35N7O14P2S/c27-21-16-23(30-11-29-21)33(26(31-16)50-13-5-1-2-6-13)25-20(37)18(35)15(46-25)10-44-49(41,42)47-48(39,40)43-9-14-17(34)19(36)24(45-14)32-7-3-4-12(8-32)22(28)38/h3-4,7-8,11,13-15,17-20,24-25,34-37H,1-2,5-6,9-10H2,(H5-,27,28,29,30,38,39,40,41,42)/t14-,15-,17-,18-,19-,20-,24-,25-/m1/s1. The number of phosphoric ester groups is 2. The van der Waals surface area contributed by atoms with Crippen molar-refractivity contribution in [2.24, 2.45) is 5.73 Å². The van der Waals surface area contributed by atoms with Crippen molar-refractivity contribution in [3.05, 3.63) is 36.4 Å². The van der Waals surface area contributed by atoms with Crippen molar-refractivity contribution in [2.75, 3.05) is 18.9 Å². The van der Waals surface area contributed by atoms with Gasteiger partial charge < -0.3 is 55.7 Å². The normalized spacial score (nSPS) is 31.2. The van der Waals surface area contributed by atoms with Crippen LogP contribution in [0, 0.1) is 0 Å². The largest absolute Gasteiger partial charge is 0.756 e. The first-order valence-electron chi connectivity index (χ1n) is 15.3. The molecular weight excluding hydrogens is 728 g/mol. The van der Waals surface area contributed by atoms with E-state index in [2.05, 4.69) is 23.8 Å². The molecular formula is C26H35N7O14P2S. The van der Waals surface area contributed by atoms with Crippen LogP contribution in [0.4, 0.5) is 5.82 Å². The summed E-state index contributed by atoms with van der Waals surface area (Å²) in [4.78, 5) is 46.9. The van der Waals surface area contributed by atoms with Gasteiger partial charge in [-0.2, -0.15) is 4.57 Å². The number of nitrogen functional groups attached to an aromatic ring is 1. The molecule has 1 aliphatic carbocycles. The highest BCUT2D eigenvalue weighted by Gasteiger charge is 2.50. The number of amides is 1. The van der Waals surface area contributed by atoms with Gasteiger partial charge >= 0.3 is 7.82 Å². The molecule has 2 saturated heterocycles. The van der Waals surface area contributed by atoms with Crippen molar-refractivity contribution in [2.45, 2.75) is 85.2 Å². The summed E-state index contributed by atoms with van der Waals surface area (Å²) in [5.74, 6) is -0.691. The van der Waals surface area contributed by atoms with Crippen LogP contribution in [0.25, 0.3) is 11.2 Å². The lowest BCUT2D eigenvalue weighted by molar-refractivity contribution is -0.765. The van der Waals surface area contributed by atoms with Crippen LogP contribution >= 0.6 is 27.4 Å². The second-order valence-electron chi connectivity index (χ2n) is 11.8. The Morgan fingerprint density at radius 3 is 2.46 bits per heavy atom. The fraction of sp³-hybridized carbons (Fsp3) is 0.577. The van der Waals surface area contributed by atoms with Gasteiger partial charge in [-0.15, -0.1) is 0 Å². The van der Waals surface area contributed by atoms with Gasteiger partial charge in [0.05, 0.1) is 13.2 Å². The monoisotopic (exact) mass is 763 g/mol. The second-order valence-corrected chi connectivity index (χ2v) is 16.1. The van der Waals surface area contributed by atoms with Crippen LogP contribution in [-0.2, 0) is 32.0 Å². The highest BCUT2D eigenvalue weighted by Crippen LogP contribution is 2.58. The molecule has 0 aromatic carbocycles. The van der Waals surface area contributed by atoms with Crippen LogP contribution in [-0.4, -0.2) is 106 Å². The number of rotatable bonds is 13. The number of thioether (sulfide) groups is 1. The minimum Gasteiger partial charge on any atom is -0.756 e. The maximum Gasteiger partial charge on any atom is 0.478 e. The molecule has 1 saturated carbocycles. The molecule has 3 aromatic heterocycles. The topological polar surface area (TPSA) is 321 Å². The average Bonchev–Trinajstić information content (AvgIpc) is 3.83. The van der Waals surface area contributed by atoms with Gasteiger partial charge in [0.25, 0.3) is 20.0 Å². The SMILES string of the molecule is NC(=O)c1ccc[n+]([C@@H]2O[C@H](COP(=O)([O-])OP(=O)(O)OC[C@H]3O[C@@H](n4c(SC5CCCC5)nc5c(N)ncnc54)[C@H](O)[C@@H]3O)[C@@H](O)[C@H]2O)c1. The summed E-state index contributed by atoms with van der Waals surface area (Å²) in [6.45, 7) is -1.88. The van der Waals surface area contributed by atoms with Gasteiger partial charge in [0.1, 0.15) is 42.4 Å². The molecule has 3 aromatic rings. The molecule has 3 aliphatic rings. The molecule has 9 N–H and O–H groups in total. The first kappa shape index (κ1) is 37.1. The van der Waals surface area contributed by atoms with E-state index in [0.717, 1.165) is 25.7 Å². The van der Waals surface area contributed by atoms with Gasteiger partial charge in [0.2, 0.25) is 0 Å². The molecule has 6 rings (SSSR count). The Morgan fingerprint density at radius 2 is 1.74 bits per heavy atom. The number of imidazole rings is 1. The molecule has 274 valence electrons. The molecule has 3 fully saturated rings. The summed E-state index contributed by atoms with van der Waals surface area (Å²) in [6, 6.07) is 2.83. The first-order valence-corrected chi connectivity index (χ1v) is 19.1. The van der Waals surface area contributed by atoms with Gasteiger partial charge in [-0.05, 0) is 18.9 Å². The highest BCUT2D eigenvalue weighted by molar-refractivity contribution is 7.99. The summed E-state index contributed by atoms with van der Waals surface area (Å²) in [7, 11) is -11.1. The minimum absolute atomic E-state index is 0.0623. The molecule has 0 spiro atoms. The number of aromatic nitrogens is 5. The fourth-order valence-corrected chi connectivity index (χ4v) is 9.24. The molecule has 2 unspecified atom stereocenters. The third-order valence-electron chi connectivity index (χ3n) is 8.38. The first-order chi connectivity index (χ1) is 23.6. The number of fused-ring (bicyclic) bond motifs is 1. The Kier molecular flexibility index (Phi) is 11.0. The average molecular weight is 764 g/mol. The van der Waals surface area contributed by atoms with Crippen LogP contribution in [0.15, 0.2) is 36.0 Å². The highest BCUT2D eigenvalue weighted by atomic mass is 32.2. The number of nitrogens with two attached hydrogens (primary N) is 2. The smallest absolute Gasteiger partial charge is 0.478 e. The molecule has 0 bridgehead atoms. The number of phosphoric acid groups is 2. The molecule has 5 heterocycles. The van der Waals surface area contributed by atoms with Gasteiger partial charge in [0.15, 0.2) is 46.9 Å². The Morgan fingerprint density at radius 1 is 1.06 bits per heavy atom. The number of ether oxygens (including phenoxy) is 2. The molecule has 10 atom stereocenters. The van der Waals surface area contributed by atoms with Crippen molar-refractivity contribution >= 4 is 50.3 Å². The Labute approximate surface area is 287 Å². The van der Waals surface area contributed by atoms with E-state index in [-0.39, 0.29) is 27.8 Å². The van der Waals surface area contributed by atoms with E-state index in [9.17, 15) is 44.1 Å². The summed E-state index contributed by atoms with van der Waals surface area (Å²) < 4.78 is 52.8. The number of nitrogens with zero attached hydrogens (tertiary/aromatic N) is 5. The van der Waals surface area contributed by atoms with E-state index in [4.69, 9.17) is 25.5 Å². The van der Waals surface area contributed by atoms with E-state index in [1.807, 2.05) is 0 Å². The molecule has 0 radical (unpaired) electrons. The van der Waals surface area contributed by atoms with E-state index in [0.29, 0.717) is 5.16 Å². The van der Waals surface area contributed by atoms with Gasteiger partial charge in [-0.25, -0.2) is 23.8 Å². The maximum absolute atomic E-state index is 12.6. The van der Waals surface area contributed by atoms with Gasteiger partial charge in [-0.1, -0.05) is 24.6 Å².